The Morgan fingerprint density at radius 3 is 2.38 bits per heavy atom. The molecule has 0 amide bonds. The van der Waals surface area contributed by atoms with Crippen molar-refractivity contribution in [2.45, 2.75) is 52.0 Å². The number of rotatable bonds is 8. The number of thioether (sulfide) groups is 1. The van der Waals surface area contributed by atoms with Crippen LogP contribution in [0.2, 0.25) is 0 Å². The molecule has 0 fully saturated rings. The van der Waals surface area contributed by atoms with E-state index < -0.39 is 11.6 Å². The van der Waals surface area contributed by atoms with Gasteiger partial charge < -0.3 is 9.84 Å². The molecular formula is C26H28O4S2. The van der Waals surface area contributed by atoms with Gasteiger partial charge in [0.25, 0.3) is 0 Å². The first kappa shape index (κ1) is 24.1. The molecule has 3 aromatic rings. The Kier molecular flexibility index (Phi) is 7.16. The molecule has 1 N–H and O–H groups in total. The third-order valence-corrected chi connectivity index (χ3v) is 7.37. The van der Waals surface area contributed by atoms with Gasteiger partial charge in [0.05, 0.1) is 4.88 Å². The largest absolute Gasteiger partial charge is 0.478 e. The molecule has 0 atom stereocenters. The molecule has 6 heteroatoms. The van der Waals surface area contributed by atoms with Crippen molar-refractivity contribution in [3.63, 3.8) is 0 Å². The van der Waals surface area contributed by atoms with Crippen molar-refractivity contribution >= 4 is 51.0 Å². The number of fused-ring (bicyclic) bond motifs is 1. The van der Waals surface area contributed by atoms with Crippen molar-refractivity contribution in [2.24, 2.45) is 0 Å². The van der Waals surface area contributed by atoms with Gasteiger partial charge in [0.15, 0.2) is 11.4 Å². The number of carboxylic acid groups (broad SMARTS) is 1. The monoisotopic (exact) mass is 468 g/mol. The van der Waals surface area contributed by atoms with Crippen molar-refractivity contribution in [3.05, 3.63) is 63.5 Å². The molecule has 1 aromatic heterocycles. The minimum Gasteiger partial charge on any atom is -0.478 e. The number of hydrogen-bond donors (Lipinski definition) is 1. The Balaban J connectivity index is 1.85. The number of aryl methyl sites for hydroxylation is 3. The number of thiophene rings is 1. The number of ketones is 1. The maximum Gasteiger partial charge on any atom is 0.347 e. The van der Waals surface area contributed by atoms with E-state index in [4.69, 9.17) is 4.74 Å². The molecule has 0 radical (unpaired) electrons. The summed E-state index contributed by atoms with van der Waals surface area (Å²) in [6.45, 7) is 10.9. The van der Waals surface area contributed by atoms with Gasteiger partial charge in [-0.05, 0) is 98.4 Å². The van der Waals surface area contributed by atoms with Gasteiger partial charge in [-0.15, -0.1) is 23.1 Å². The normalized spacial score (nSPS) is 11.9. The van der Waals surface area contributed by atoms with Gasteiger partial charge in [-0.25, -0.2) is 4.79 Å². The van der Waals surface area contributed by atoms with Crippen molar-refractivity contribution in [2.75, 3.05) is 5.75 Å². The molecular weight excluding hydrogens is 440 g/mol. The predicted molar refractivity (Wildman–Crippen MR) is 135 cm³/mol. The third kappa shape index (κ3) is 5.08. The zero-order chi connectivity index (χ0) is 23.6. The molecule has 0 spiro atoms. The number of hydrogen-bond acceptors (Lipinski definition) is 5. The Morgan fingerprint density at radius 1 is 1.12 bits per heavy atom. The molecule has 0 unspecified atom stereocenters. The molecule has 4 nitrogen and oxygen atoms in total. The molecule has 0 saturated heterocycles. The standard InChI is InChI=1S/C26H28O4S2/c1-7-31-19-9-10-20-17(4)24(32-22(20)14-19)21(27)11-8-18-12-15(2)23(16(3)13-18)30-26(5,6)25(28)29/h8-14H,7H2,1-6H3,(H,28,29)/b11-8+. The van der Waals surface area contributed by atoms with Crippen LogP contribution < -0.4 is 4.74 Å². The van der Waals surface area contributed by atoms with Crippen LogP contribution in [0, 0.1) is 20.8 Å². The lowest BCUT2D eigenvalue weighted by Crippen LogP contribution is -2.38. The van der Waals surface area contributed by atoms with E-state index in [1.54, 1.807) is 23.9 Å². The zero-order valence-electron chi connectivity index (χ0n) is 19.2. The van der Waals surface area contributed by atoms with E-state index in [-0.39, 0.29) is 5.78 Å². The SMILES string of the molecule is CCSc1ccc2c(C)c(C(=O)/C=C/c3cc(C)c(OC(C)(C)C(=O)O)c(C)c3)sc2c1. The molecule has 32 heavy (non-hydrogen) atoms. The van der Waals surface area contributed by atoms with Crippen LogP contribution >= 0.6 is 23.1 Å². The van der Waals surface area contributed by atoms with Crippen LogP contribution in [0.5, 0.6) is 5.75 Å². The Labute approximate surface area is 197 Å². The third-order valence-electron chi connectivity index (χ3n) is 5.23. The van der Waals surface area contributed by atoms with Crippen LogP contribution in [0.25, 0.3) is 16.2 Å². The molecule has 2 aromatic carbocycles. The minimum atomic E-state index is -1.32. The average Bonchev–Trinajstić information content (AvgIpc) is 3.05. The fraction of sp³-hybridized carbons (Fsp3) is 0.308. The highest BCUT2D eigenvalue weighted by Gasteiger charge is 2.30. The highest BCUT2D eigenvalue weighted by molar-refractivity contribution is 7.99. The summed E-state index contributed by atoms with van der Waals surface area (Å²) in [5.74, 6) is 0.531. The van der Waals surface area contributed by atoms with Gasteiger partial charge >= 0.3 is 5.97 Å². The highest BCUT2D eigenvalue weighted by Crippen LogP contribution is 2.34. The summed E-state index contributed by atoms with van der Waals surface area (Å²) < 4.78 is 6.89. The van der Waals surface area contributed by atoms with Gasteiger partial charge in [0, 0.05) is 9.60 Å². The van der Waals surface area contributed by atoms with Crippen LogP contribution in [0.1, 0.15) is 52.7 Å². The molecule has 0 aliphatic heterocycles. The van der Waals surface area contributed by atoms with Crippen molar-refractivity contribution < 1.29 is 19.4 Å². The van der Waals surface area contributed by atoms with Gasteiger partial charge in [-0.2, -0.15) is 0 Å². The van der Waals surface area contributed by atoms with E-state index in [2.05, 4.69) is 25.1 Å². The fourth-order valence-corrected chi connectivity index (χ4v) is 5.43. The van der Waals surface area contributed by atoms with Crippen molar-refractivity contribution in [1.29, 1.82) is 0 Å². The molecule has 0 bridgehead atoms. The van der Waals surface area contributed by atoms with Gasteiger partial charge in [-0.3, -0.25) is 4.79 Å². The summed E-state index contributed by atoms with van der Waals surface area (Å²) in [7, 11) is 0. The van der Waals surface area contributed by atoms with E-state index in [9.17, 15) is 14.7 Å². The van der Waals surface area contributed by atoms with E-state index in [1.807, 2.05) is 32.9 Å². The summed E-state index contributed by atoms with van der Waals surface area (Å²) >= 11 is 3.33. The summed E-state index contributed by atoms with van der Waals surface area (Å²) in [5.41, 5.74) is 2.21. The molecule has 0 aliphatic rings. The van der Waals surface area contributed by atoms with Crippen LogP contribution in [0.15, 0.2) is 41.3 Å². The fourth-order valence-electron chi connectivity index (χ4n) is 3.48. The molecule has 1 heterocycles. The predicted octanol–water partition coefficient (Wildman–Crippen LogP) is 7.08. The van der Waals surface area contributed by atoms with E-state index >= 15 is 0 Å². The second-order valence-corrected chi connectivity index (χ2v) is 10.6. The number of benzene rings is 2. The van der Waals surface area contributed by atoms with Gasteiger partial charge in [-0.1, -0.05) is 19.1 Å². The first-order chi connectivity index (χ1) is 15.0. The lowest BCUT2D eigenvalue weighted by molar-refractivity contribution is -0.152. The summed E-state index contributed by atoms with van der Waals surface area (Å²) in [5, 5.41) is 10.5. The van der Waals surface area contributed by atoms with Crippen molar-refractivity contribution in [1.82, 2.24) is 0 Å². The minimum absolute atomic E-state index is 0.0176. The Morgan fingerprint density at radius 2 is 1.78 bits per heavy atom. The smallest absolute Gasteiger partial charge is 0.347 e. The number of carboxylic acids is 1. The Hall–Kier alpha value is -2.57. The maximum absolute atomic E-state index is 12.9. The lowest BCUT2D eigenvalue weighted by atomic mass is 10.0. The van der Waals surface area contributed by atoms with Crippen LogP contribution in [0.4, 0.5) is 0 Å². The molecule has 3 rings (SSSR count). The summed E-state index contributed by atoms with van der Waals surface area (Å²) in [4.78, 5) is 26.3. The molecule has 168 valence electrons. The summed E-state index contributed by atoms with van der Waals surface area (Å²) in [6, 6.07) is 10.2. The highest BCUT2D eigenvalue weighted by atomic mass is 32.2. The van der Waals surface area contributed by atoms with Crippen LogP contribution in [0.3, 0.4) is 0 Å². The average molecular weight is 469 g/mol. The van der Waals surface area contributed by atoms with Gasteiger partial charge in [0.1, 0.15) is 5.75 Å². The second-order valence-electron chi connectivity index (χ2n) is 8.25. The van der Waals surface area contributed by atoms with Gasteiger partial charge in [0.2, 0.25) is 0 Å². The number of aliphatic carboxylic acids is 1. The maximum atomic E-state index is 12.9. The second kappa shape index (κ2) is 9.51. The van der Waals surface area contributed by atoms with E-state index in [0.29, 0.717) is 5.75 Å². The number of carbonyl (C=O) groups excluding carboxylic acids is 1. The van der Waals surface area contributed by atoms with Crippen LogP contribution in [-0.4, -0.2) is 28.2 Å². The molecule has 0 saturated carbocycles. The first-order valence-corrected chi connectivity index (χ1v) is 12.3. The zero-order valence-corrected chi connectivity index (χ0v) is 20.9. The first-order valence-electron chi connectivity index (χ1n) is 10.5. The van der Waals surface area contributed by atoms with Crippen LogP contribution in [-0.2, 0) is 4.79 Å². The number of ether oxygens (including phenoxy) is 1. The van der Waals surface area contributed by atoms with Crippen molar-refractivity contribution in [3.8, 4) is 5.75 Å². The quantitative estimate of drug-likeness (QED) is 0.217. The summed E-state index contributed by atoms with van der Waals surface area (Å²) in [6.07, 6.45) is 3.41. The number of allylic oxidation sites excluding steroid dienone is 1. The van der Waals surface area contributed by atoms with E-state index in [0.717, 1.165) is 43.0 Å². The molecule has 0 aliphatic carbocycles. The lowest BCUT2D eigenvalue weighted by Gasteiger charge is -2.24. The number of carbonyl (C=O) groups is 2. The Bertz CT molecular complexity index is 1200. The topological polar surface area (TPSA) is 63.6 Å². The van der Waals surface area contributed by atoms with E-state index in [1.165, 1.54) is 30.1 Å².